The minimum Gasteiger partial charge on any atom is -0.397 e. The van der Waals surface area contributed by atoms with E-state index in [2.05, 4.69) is 36.3 Å². The molecule has 108 valence electrons. The Labute approximate surface area is 125 Å². The number of hydrogen-bond donors (Lipinski definition) is 3. The van der Waals surface area contributed by atoms with Crippen LogP contribution in [0.25, 0.3) is 11.0 Å². The molecule has 0 aromatic carbocycles. The summed E-state index contributed by atoms with van der Waals surface area (Å²) in [6.45, 7) is 1.89. The van der Waals surface area contributed by atoms with Gasteiger partial charge in [0.1, 0.15) is 5.65 Å². The van der Waals surface area contributed by atoms with Gasteiger partial charge in [-0.15, -0.1) is 0 Å². The molecule has 0 amide bonds. The molecule has 1 aliphatic rings. The van der Waals surface area contributed by atoms with E-state index in [1.165, 1.54) is 0 Å². The molecule has 0 saturated carbocycles. The molecule has 0 radical (unpaired) electrons. The van der Waals surface area contributed by atoms with Crippen LogP contribution in [0.15, 0.2) is 16.9 Å². The third-order valence-corrected chi connectivity index (χ3v) is 4.26. The first kappa shape index (κ1) is 13.7. The summed E-state index contributed by atoms with van der Waals surface area (Å²) in [7, 11) is 1.66. The predicted octanol–water partition coefficient (Wildman–Crippen LogP) is 2.03. The van der Waals surface area contributed by atoms with E-state index in [0.29, 0.717) is 6.04 Å². The third kappa shape index (κ3) is 2.36. The first-order valence-corrected chi connectivity index (χ1v) is 7.44. The van der Waals surface area contributed by atoms with Crippen LogP contribution in [0.2, 0.25) is 0 Å². The van der Waals surface area contributed by atoms with E-state index in [1.54, 1.807) is 13.3 Å². The second-order valence-electron chi connectivity index (χ2n) is 5.03. The van der Waals surface area contributed by atoms with E-state index < -0.39 is 0 Å². The molecule has 1 saturated heterocycles. The number of H-pyrrole nitrogens is 1. The van der Waals surface area contributed by atoms with E-state index in [0.717, 1.165) is 52.8 Å². The summed E-state index contributed by atoms with van der Waals surface area (Å²) in [6.07, 6.45) is 5.84. The van der Waals surface area contributed by atoms with Gasteiger partial charge in [0.2, 0.25) is 0 Å². The molecule has 1 atom stereocenters. The van der Waals surface area contributed by atoms with Gasteiger partial charge in [-0.3, -0.25) is 0 Å². The van der Waals surface area contributed by atoms with Crippen LogP contribution in [0, 0.1) is 0 Å². The molecule has 0 unspecified atom stereocenters. The number of nitrogens with one attached hydrogen (secondary N) is 2. The number of hydroxylamine groups is 1. The van der Waals surface area contributed by atoms with Gasteiger partial charge in [0, 0.05) is 31.5 Å². The highest BCUT2D eigenvalue weighted by atomic mass is 79.9. The van der Waals surface area contributed by atoms with Gasteiger partial charge in [0.05, 0.1) is 28.3 Å². The second kappa shape index (κ2) is 5.59. The molecule has 3 heterocycles. The molecule has 2 aromatic rings. The number of nitrogens with two attached hydrogens (primary N) is 1. The van der Waals surface area contributed by atoms with Crippen LogP contribution in [0.3, 0.4) is 0 Å². The van der Waals surface area contributed by atoms with E-state index in [4.69, 9.17) is 10.6 Å². The molecule has 7 heteroatoms. The van der Waals surface area contributed by atoms with Crippen molar-refractivity contribution in [2.45, 2.75) is 18.9 Å². The first-order valence-electron chi connectivity index (χ1n) is 6.65. The molecule has 0 spiro atoms. The molecule has 1 aliphatic heterocycles. The topological polar surface area (TPSA) is 79.2 Å². The number of hydrogen-bond acceptors (Lipinski definition) is 5. The Morgan fingerprint density at radius 2 is 2.45 bits per heavy atom. The number of piperidine rings is 1. The number of aromatic amines is 1. The maximum absolute atomic E-state index is 6.09. The van der Waals surface area contributed by atoms with Crippen LogP contribution in [-0.4, -0.2) is 36.2 Å². The molecule has 4 N–H and O–H groups in total. The maximum Gasteiger partial charge on any atom is 0.141 e. The molecule has 20 heavy (non-hydrogen) atoms. The van der Waals surface area contributed by atoms with Crippen molar-refractivity contribution in [2.75, 3.05) is 30.8 Å². The zero-order chi connectivity index (χ0) is 14.1. The van der Waals surface area contributed by atoms with Gasteiger partial charge < -0.3 is 20.5 Å². The van der Waals surface area contributed by atoms with Gasteiger partial charge in [0.15, 0.2) is 0 Å². The summed E-state index contributed by atoms with van der Waals surface area (Å²) in [6, 6.07) is 0.323. The van der Waals surface area contributed by atoms with Crippen LogP contribution in [-0.2, 0) is 4.84 Å². The van der Waals surface area contributed by atoms with Gasteiger partial charge in [-0.05, 0) is 28.8 Å². The van der Waals surface area contributed by atoms with Crippen molar-refractivity contribution in [1.82, 2.24) is 15.4 Å². The molecule has 0 bridgehead atoms. The Balaban J connectivity index is 2.00. The molecular weight excluding hydrogens is 322 g/mol. The number of halogens is 1. The average Bonchev–Trinajstić information content (AvgIpc) is 2.81. The fraction of sp³-hybridized carbons (Fsp3) is 0.462. The summed E-state index contributed by atoms with van der Waals surface area (Å²) >= 11 is 3.61. The lowest BCUT2D eigenvalue weighted by Gasteiger charge is -2.35. The second-order valence-corrected chi connectivity index (χ2v) is 5.88. The number of rotatable bonds is 3. The third-order valence-electron chi connectivity index (χ3n) is 3.68. The lowest BCUT2D eigenvalue weighted by Crippen LogP contribution is -2.45. The van der Waals surface area contributed by atoms with E-state index in [1.807, 2.05) is 6.20 Å². The van der Waals surface area contributed by atoms with E-state index in [9.17, 15) is 0 Å². The zero-order valence-corrected chi connectivity index (χ0v) is 12.9. The summed E-state index contributed by atoms with van der Waals surface area (Å²) in [5.41, 5.74) is 11.8. The van der Waals surface area contributed by atoms with Crippen molar-refractivity contribution in [1.29, 1.82) is 0 Å². The number of anilines is 2. The summed E-state index contributed by atoms with van der Waals surface area (Å²) in [5, 5.41) is 0.984. The molecular formula is C13H18BrN5O. The SMILES string of the molecule is CON[C@@H]1CCCN(c2c(Br)cnc3[nH]cc(N)c23)C1. The number of pyridine rings is 1. The summed E-state index contributed by atoms with van der Waals surface area (Å²) < 4.78 is 0.967. The molecule has 6 nitrogen and oxygen atoms in total. The minimum absolute atomic E-state index is 0.323. The van der Waals surface area contributed by atoms with Crippen LogP contribution >= 0.6 is 15.9 Å². The first-order chi connectivity index (χ1) is 9.70. The lowest BCUT2D eigenvalue weighted by molar-refractivity contribution is 0.0562. The van der Waals surface area contributed by atoms with Crippen molar-refractivity contribution in [2.24, 2.45) is 0 Å². The van der Waals surface area contributed by atoms with Crippen molar-refractivity contribution in [3.8, 4) is 0 Å². The van der Waals surface area contributed by atoms with Crippen LogP contribution < -0.4 is 16.1 Å². The Morgan fingerprint density at radius 1 is 1.60 bits per heavy atom. The van der Waals surface area contributed by atoms with Crippen LogP contribution in [0.4, 0.5) is 11.4 Å². The normalized spacial score (nSPS) is 19.7. The number of nitrogens with zero attached hydrogens (tertiary/aromatic N) is 2. The summed E-state index contributed by atoms with van der Waals surface area (Å²) in [5.74, 6) is 0. The Morgan fingerprint density at radius 3 is 3.25 bits per heavy atom. The maximum atomic E-state index is 6.09. The highest BCUT2D eigenvalue weighted by Crippen LogP contribution is 2.37. The largest absolute Gasteiger partial charge is 0.397 e. The van der Waals surface area contributed by atoms with Gasteiger partial charge in [-0.1, -0.05) is 0 Å². The highest BCUT2D eigenvalue weighted by Gasteiger charge is 2.24. The van der Waals surface area contributed by atoms with Gasteiger partial charge in [0.25, 0.3) is 0 Å². The van der Waals surface area contributed by atoms with Gasteiger partial charge in [-0.2, -0.15) is 5.48 Å². The molecule has 0 aliphatic carbocycles. The van der Waals surface area contributed by atoms with Crippen molar-refractivity contribution >= 4 is 38.3 Å². The number of aromatic nitrogens is 2. The quantitative estimate of drug-likeness (QED) is 0.745. The standard InChI is InChI=1S/C13H18BrN5O/c1-20-18-8-3-2-4-19(7-8)12-9(14)5-16-13-11(12)10(15)6-17-13/h5-6,8,18H,2-4,7,15H2,1H3,(H,16,17)/t8-/m1/s1. The monoisotopic (exact) mass is 339 g/mol. The molecule has 2 aromatic heterocycles. The minimum atomic E-state index is 0.323. The Hall–Kier alpha value is -1.31. The lowest BCUT2D eigenvalue weighted by atomic mass is 10.1. The van der Waals surface area contributed by atoms with E-state index >= 15 is 0 Å². The number of fused-ring (bicyclic) bond motifs is 1. The Kier molecular flexibility index (Phi) is 3.82. The van der Waals surface area contributed by atoms with Crippen molar-refractivity contribution < 1.29 is 4.84 Å². The fourth-order valence-electron chi connectivity index (χ4n) is 2.83. The van der Waals surface area contributed by atoms with Gasteiger partial charge in [-0.25, -0.2) is 4.98 Å². The predicted molar refractivity (Wildman–Crippen MR) is 83.6 cm³/mol. The van der Waals surface area contributed by atoms with E-state index in [-0.39, 0.29) is 0 Å². The van der Waals surface area contributed by atoms with Crippen molar-refractivity contribution in [3.63, 3.8) is 0 Å². The highest BCUT2D eigenvalue weighted by molar-refractivity contribution is 9.10. The smallest absolute Gasteiger partial charge is 0.141 e. The van der Waals surface area contributed by atoms with Crippen LogP contribution in [0.1, 0.15) is 12.8 Å². The van der Waals surface area contributed by atoms with Crippen LogP contribution in [0.5, 0.6) is 0 Å². The van der Waals surface area contributed by atoms with Crippen molar-refractivity contribution in [3.05, 3.63) is 16.9 Å². The molecule has 3 rings (SSSR count). The Bertz CT molecular complexity index is 612. The fourth-order valence-corrected chi connectivity index (χ4v) is 3.38. The summed E-state index contributed by atoms with van der Waals surface area (Å²) in [4.78, 5) is 14.9. The zero-order valence-electron chi connectivity index (χ0n) is 11.3. The average molecular weight is 340 g/mol. The molecule has 1 fully saturated rings. The number of nitrogen functional groups attached to an aromatic ring is 1. The van der Waals surface area contributed by atoms with Gasteiger partial charge >= 0.3 is 0 Å².